The molecular weight excluding hydrogens is 222 g/mol. The predicted molar refractivity (Wildman–Crippen MR) is 77.1 cm³/mol. The fourth-order valence-corrected chi connectivity index (χ4v) is 2.20. The maximum atomic E-state index is 5.99. The molecule has 1 heterocycles. The standard InChI is InChI=1S/C16H23NO/c1-11(2)17-9-8-12(3)15-10-14-7-5-6-13(4)16(14)18-15/h5-7,10-12,17H,8-9H2,1-4H3. The van der Waals surface area contributed by atoms with Crippen LogP contribution in [0.1, 0.15) is 44.4 Å². The zero-order valence-corrected chi connectivity index (χ0v) is 11.8. The summed E-state index contributed by atoms with van der Waals surface area (Å²) < 4.78 is 5.99. The normalized spacial score (nSPS) is 13.4. The molecule has 0 aliphatic rings. The molecule has 1 atom stereocenters. The van der Waals surface area contributed by atoms with Crippen molar-refractivity contribution in [2.45, 2.75) is 46.1 Å². The molecule has 0 aliphatic heterocycles. The van der Waals surface area contributed by atoms with E-state index in [0.717, 1.165) is 24.3 Å². The van der Waals surface area contributed by atoms with Gasteiger partial charge in [-0.1, -0.05) is 39.0 Å². The average molecular weight is 245 g/mol. The van der Waals surface area contributed by atoms with Crippen molar-refractivity contribution in [3.05, 3.63) is 35.6 Å². The topological polar surface area (TPSA) is 25.2 Å². The zero-order chi connectivity index (χ0) is 13.1. The van der Waals surface area contributed by atoms with Gasteiger partial charge in [0.25, 0.3) is 0 Å². The summed E-state index contributed by atoms with van der Waals surface area (Å²) in [5.74, 6) is 1.56. The lowest BCUT2D eigenvalue weighted by molar-refractivity contribution is 0.467. The summed E-state index contributed by atoms with van der Waals surface area (Å²) in [6.45, 7) is 9.72. The summed E-state index contributed by atoms with van der Waals surface area (Å²) in [5.41, 5.74) is 2.25. The van der Waals surface area contributed by atoms with Gasteiger partial charge in [-0.3, -0.25) is 0 Å². The molecule has 2 aromatic rings. The molecule has 2 rings (SSSR count). The molecule has 0 radical (unpaired) electrons. The Morgan fingerprint density at radius 1 is 1.22 bits per heavy atom. The number of aryl methyl sites for hydroxylation is 1. The van der Waals surface area contributed by atoms with E-state index in [4.69, 9.17) is 4.42 Å². The Hall–Kier alpha value is -1.28. The van der Waals surface area contributed by atoms with E-state index in [9.17, 15) is 0 Å². The summed E-state index contributed by atoms with van der Waals surface area (Å²) >= 11 is 0. The van der Waals surface area contributed by atoms with Crippen LogP contribution in [0.15, 0.2) is 28.7 Å². The van der Waals surface area contributed by atoms with Crippen LogP contribution < -0.4 is 5.32 Å². The molecule has 0 spiro atoms. The maximum Gasteiger partial charge on any atom is 0.137 e. The molecule has 1 N–H and O–H groups in total. The first-order valence-electron chi connectivity index (χ1n) is 6.80. The highest BCUT2D eigenvalue weighted by Crippen LogP contribution is 2.28. The van der Waals surface area contributed by atoms with Gasteiger partial charge in [0.1, 0.15) is 11.3 Å². The second-order valence-electron chi connectivity index (χ2n) is 5.44. The molecular formula is C16H23NO. The monoisotopic (exact) mass is 245 g/mol. The van der Waals surface area contributed by atoms with Gasteiger partial charge in [0.2, 0.25) is 0 Å². The minimum Gasteiger partial charge on any atom is -0.461 e. The van der Waals surface area contributed by atoms with Crippen molar-refractivity contribution < 1.29 is 4.42 Å². The molecule has 1 unspecified atom stereocenters. The highest BCUT2D eigenvalue weighted by atomic mass is 16.3. The van der Waals surface area contributed by atoms with Gasteiger partial charge in [-0.15, -0.1) is 0 Å². The number of para-hydroxylation sites is 1. The molecule has 0 aliphatic carbocycles. The van der Waals surface area contributed by atoms with E-state index < -0.39 is 0 Å². The average Bonchev–Trinajstić information content (AvgIpc) is 2.74. The molecule has 2 nitrogen and oxygen atoms in total. The van der Waals surface area contributed by atoms with Crippen molar-refractivity contribution in [2.24, 2.45) is 0 Å². The Morgan fingerprint density at radius 2 is 2.00 bits per heavy atom. The van der Waals surface area contributed by atoms with E-state index in [1.165, 1.54) is 10.9 Å². The molecule has 0 amide bonds. The van der Waals surface area contributed by atoms with Gasteiger partial charge >= 0.3 is 0 Å². The number of fused-ring (bicyclic) bond motifs is 1. The quantitative estimate of drug-likeness (QED) is 0.852. The van der Waals surface area contributed by atoms with Crippen LogP contribution in [-0.4, -0.2) is 12.6 Å². The molecule has 1 aromatic carbocycles. The van der Waals surface area contributed by atoms with Gasteiger partial charge in [-0.2, -0.15) is 0 Å². The van der Waals surface area contributed by atoms with Crippen LogP contribution in [0, 0.1) is 6.92 Å². The Balaban J connectivity index is 2.08. The van der Waals surface area contributed by atoms with Crippen LogP contribution in [0.3, 0.4) is 0 Å². The van der Waals surface area contributed by atoms with Crippen LogP contribution in [0.5, 0.6) is 0 Å². The molecule has 18 heavy (non-hydrogen) atoms. The number of hydrogen-bond acceptors (Lipinski definition) is 2. The van der Waals surface area contributed by atoms with Crippen molar-refractivity contribution in [1.29, 1.82) is 0 Å². The minimum atomic E-state index is 0.461. The third kappa shape index (κ3) is 2.94. The highest BCUT2D eigenvalue weighted by molar-refractivity contribution is 5.80. The lowest BCUT2D eigenvalue weighted by atomic mass is 10.0. The van der Waals surface area contributed by atoms with Gasteiger partial charge in [0.05, 0.1) is 0 Å². The molecule has 2 heteroatoms. The van der Waals surface area contributed by atoms with Gasteiger partial charge in [0, 0.05) is 17.3 Å². The molecule has 0 fully saturated rings. The van der Waals surface area contributed by atoms with E-state index in [-0.39, 0.29) is 0 Å². The number of hydrogen-bond donors (Lipinski definition) is 1. The van der Waals surface area contributed by atoms with Gasteiger partial charge < -0.3 is 9.73 Å². The fraction of sp³-hybridized carbons (Fsp3) is 0.500. The van der Waals surface area contributed by atoms with E-state index in [1.54, 1.807) is 0 Å². The van der Waals surface area contributed by atoms with Crippen LogP contribution in [0.2, 0.25) is 0 Å². The number of benzene rings is 1. The SMILES string of the molecule is Cc1cccc2cc(C(C)CCNC(C)C)oc12. The highest BCUT2D eigenvalue weighted by Gasteiger charge is 2.12. The minimum absolute atomic E-state index is 0.461. The summed E-state index contributed by atoms with van der Waals surface area (Å²) in [7, 11) is 0. The number of rotatable bonds is 5. The third-order valence-corrected chi connectivity index (χ3v) is 3.38. The van der Waals surface area contributed by atoms with Gasteiger partial charge in [-0.25, -0.2) is 0 Å². The largest absolute Gasteiger partial charge is 0.461 e. The molecule has 98 valence electrons. The molecule has 1 aromatic heterocycles. The Labute approximate surface area is 109 Å². The van der Waals surface area contributed by atoms with Crippen LogP contribution in [-0.2, 0) is 0 Å². The second kappa shape index (κ2) is 5.57. The van der Waals surface area contributed by atoms with E-state index in [2.05, 4.69) is 57.3 Å². The Bertz CT molecular complexity index is 513. The molecule has 0 saturated carbocycles. The van der Waals surface area contributed by atoms with Crippen molar-refractivity contribution in [3.8, 4) is 0 Å². The van der Waals surface area contributed by atoms with E-state index in [0.29, 0.717) is 12.0 Å². The van der Waals surface area contributed by atoms with Gasteiger partial charge in [0.15, 0.2) is 0 Å². The van der Waals surface area contributed by atoms with Crippen LogP contribution >= 0.6 is 0 Å². The lowest BCUT2D eigenvalue weighted by Gasteiger charge is -2.11. The van der Waals surface area contributed by atoms with Crippen molar-refractivity contribution >= 4 is 11.0 Å². The molecule has 0 bridgehead atoms. The summed E-state index contributed by atoms with van der Waals surface area (Å²) in [6, 6.07) is 9.04. The predicted octanol–water partition coefficient (Wildman–Crippen LogP) is 4.23. The first-order valence-corrected chi connectivity index (χ1v) is 6.80. The summed E-state index contributed by atoms with van der Waals surface area (Å²) in [5, 5.41) is 4.67. The van der Waals surface area contributed by atoms with E-state index >= 15 is 0 Å². The first kappa shape index (κ1) is 13.2. The van der Waals surface area contributed by atoms with E-state index in [1.807, 2.05) is 0 Å². The molecule has 0 saturated heterocycles. The first-order chi connectivity index (χ1) is 8.58. The Kier molecular flexibility index (Phi) is 4.07. The van der Waals surface area contributed by atoms with Crippen molar-refractivity contribution in [3.63, 3.8) is 0 Å². The van der Waals surface area contributed by atoms with Gasteiger partial charge in [-0.05, 0) is 31.5 Å². The number of furan rings is 1. The number of nitrogens with one attached hydrogen (secondary N) is 1. The maximum absolute atomic E-state index is 5.99. The van der Waals surface area contributed by atoms with Crippen molar-refractivity contribution in [2.75, 3.05) is 6.54 Å². The summed E-state index contributed by atoms with van der Waals surface area (Å²) in [6.07, 6.45) is 1.11. The third-order valence-electron chi connectivity index (χ3n) is 3.38. The Morgan fingerprint density at radius 3 is 2.67 bits per heavy atom. The fourth-order valence-electron chi connectivity index (χ4n) is 2.20. The smallest absolute Gasteiger partial charge is 0.137 e. The zero-order valence-electron chi connectivity index (χ0n) is 11.8. The van der Waals surface area contributed by atoms with Crippen LogP contribution in [0.25, 0.3) is 11.0 Å². The second-order valence-corrected chi connectivity index (χ2v) is 5.44. The van der Waals surface area contributed by atoms with Crippen molar-refractivity contribution in [1.82, 2.24) is 5.32 Å². The lowest BCUT2D eigenvalue weighted by Crippen LogP contribution is -2.24. The summed E-state index contributed by atoms with van der Waals surface area (Å²) in [4.78, 5) is 0. The van der Waals surface area contributed by atoms with Crippen LogP contribution in [0.4, 0.5) is 0 Å².